The molecule has 0 spiro atoms. The Hall–Kier alpha value is -3.40. The Labute approximate surface area is 216 Å². The zero-order chi connectivity index (χ0) is 25.8. The van der Waals surface area contributed by atoms with Gasteiger partial charge in [-0.05, 0) is 53.9 Å². The number of hydrogen-bond acceptors (Lipinski definition) is 6. The molecule has 1 saturated heterocycles. The largest absolute Gasteiger partial charge is 0.379 e. The van der Waals surface area contributed by atoms with Gasteiger partial charge in [-0.15, -0.1) is 0 Å². The minimum absolute atomic E-state index is 0.0850. The Morgan fingerprint density at radius 1 is 0.973 bits per heavy atom. The highest BCUT2D eigenvalue weighted by Crippen LogP contribution is 2.40. The van der Waals surface area contributed by atoms with E-state index in [2.05, 4.69) is 19.9 Å². The van der Waals surface area contributed by atoms with E-state index in [0.717, 1.165) is 41.2 Å². The predicted octanol–water partition coefficient (Wildman–Crippen LogP) is 4.41. The van der Waals surface area contributed by atoms with Gasteiger partial charge in [0.25, 0.3) is 0 Å². The average molecular weight is 521 g/mol. The maximum atomic E-state index is 13.9. The van der Waals surface area contributed by atoms with E-state index in [4.69, 9.17) is 4.74 Å². The van der Waals surface area contributed by atoms with Crippen LogP contribution in [0, 0.1) is 5.82 Å². The first-order chi connectivity index (χ1) is 17.9. The number of H-pyrrole nitrogens is 1. The van der Waals surface area contributed by atoms with E-state index in [-0.39, 0.29) is 22.7 Å². The smallest absolute Gasteiger partial charge is 0.175 e. The molecular weight excluding hydrogens is 491 g/mol. The third kappa shape index (κ3) is 5.79. The van der Waals surface area contributed by atoms with Crippen LogP contribution in [0.25, 0.3) is 11.3 Å². The Kier molecular flexibility index (Phi) is 7.45. The minimum Gasteiger partial charge on any atom is -0.379 e. The van der Waals surface area contributed by atoms with Crippen LogP contribution in [0.15, 0.2) is 84.3 Å². The van der Waals surface area contributed by atoms with Crippen LogP contribution in [0.5, 0.6) is 0 Å². The van der Waals surface area contributed by atoms with Crippen LogP contribution in [0.2, 0.25) is 0 Å². The monoisotopic (exact) mass is 520 g/mol. The number of rotatable bonds is 8. The van der Waals surface area contributed by atoms with E-state index < -0.39 is 9.84 Å². The summed E-state index contributed by atoms with van der Waals surface area (Å²) in [5, 5.41) is 0. The zero-order valence-electron chi connectivity index (χ0n) is 20.5. The van der Waals surface area contributed by atoms with Crippen molar-refractivity contribution in [2.24, 2.45) is 0 Å². The number of imidazole rings is 1. The van der Waals surface area contributed by atoms with Gasteiger partial charge in [-0.1, -0.05) is 24.3 Å². The summed E-state index contributed by atoms with van der Waals surface area (Å²) in [6.45, 7) is 2.70. The Balaban J connectivity index is 1.61. The van der Waals surface area contributed by atoms with Gasteiger partial charge in [0.05, 0.1) is 30.1 Å². The van der Waals surface area contributed by atoms with Gasteiger partial charge in [0.15, 0.2) is 9.84 Å². The molecule has 1 aliphatic rings. The van der Waals surface area contributed by atoms with Crippen molar-refractivity contribution >= 4 is 9.84 Å². The molecule has 0 aliphatic carbocycles. The van der Waals surface area contributed by atoms with Crippen molar-refractivity contribution in [2.75, 3.05) is 32.6 Å². The Morgan fingerprint density at radius 3 is 2.27 bits per heavy atom. The van der Waals surface area contributed by atoms with Crippen molar-refractivity contribution in [3.8, 4) is 11.3 Å². The lowest BCUT2D eigenvalue weighted by Gasteiger charge is -2.40. The first kappa shape index (κ1) is 25.3. The molecule has 3 heterocycles. The molecule has 4 aromatic rings. The number of ether oxygens (including phenoxy) is 1. The van der Waals surface area contributed by atoms with Gasteiger partial charge in [0.2, 0.25) is 0 Å². The number of aromatic amines is 1. The van der Waals surface area contributed by atoms with Crippen molar-refractivity contribution < 1.29 is 17.5 Å². The van der Waals surface area contributed by atoms with E-state index in [0.29, 0.717) is 19.6 Å². The molecule has 2 atom stereocenters. The second kappa shape index (κ2) is 10.9. The molecule has 1 N–H and O–H groups in total. The van der Waals surface area contributed by atoms with Crippen LogP contribution < -0.4 is 0 Å². The number of aromatic nitrogens is 3. The molecule has 0 saturated carbocycles. The highest BCUT2D eigenvalue weighted by atomic mass is 32.2. The lowest BCUT2D eigenvalue weighted by Crippen LogP contribution is -2.41. The summed E-state index contributed by atoms with van der Waals surface area (Å²) in [6, 6.07) is 17.5. The van der Waals surface area contributed by atoms with Crippen molar-refractivity contribution in [1.82, 2.24) is 19.9 Å². The van der Waals surface area contributed by atoms with Crippen LogP contribution in [0.3, 0.4) is 0 Å². The normalized spacial score (nSPS) is 16.4. The quantitative estimate of drug-likeness (QED) is 0.370. The third-order valence-corrected chi connectivity index (χ3v) is 7.99. The second-order valence-electron chi connectivity index (χ2n) is 9.26. The number of sulfone groups is 1. The number of halogens is 1. The molecular formula is C28H29FN4O3S. The molecule has 7 nitrogen and oxygen atoms in total. The standard InChI is InChI=1S/C28H29FN4O3S/c1-37(34,35)24-8-4-20(5-9-24)25(18-26-27(32-19-31-26)21-10-12-30-13-11-21)28(33-14-16-36-17-15-33)22-2-6-23(29)7-3-22/h2-13,19,25,28H,14-18H2,1H3,(H,31,32). The lowest BCUT2D eigenvalue weighted by molar-refractivity contribution is 0.00961. The molecule has 2 unspecified atom stereocenters. The molecule has 1 aliphatic heterocycles. The second-order valence-corrected chi connectivity index (χ2v) is 11.3. The first-order valence-electron chi connectivity index (χ1n) is 12.2. The maximum absolute atomic E-state index is 13.9. The average Bonchev–Trinajstić information content (AvgIpc) is 3.38. The third-order valence-electron chi connectivity index (χ3n) is 6.86. The highest BCUT2D eigenvalue weighted by molar-refractivity contribution is 7.90. The highest BCUT2D eigenvalue weighted by Gasteiger charge is 2.33. The van der Waals surface area contributed by atoms with E-state index in [1.165, 1.54) is 18.4 Å². The molecule has 2 aromatic heterocycles. The van der Waals surface area contributed by atoms with Gasteiger partial charge in [-0.3, -0.25) is 9.88 Å². The Morgan fingerprint density at radius 2 is 1.62 bits per heavy atom. The van der Waals surface area contributed by atoms with Crippen LogP contribution >= 0.6 is 0 Å². The fraction of sp³-hybridized carbons (Fsp3) is 0.286. The molecule has 9 heteroatoms. The van der Waals surface area contributed by atoms with Gasteiger partial charge >= 0.3 is 0 Å². The molecule has 0 radical (unpaired) electrons. The summed E-state index contributed by atoms with van der Waals surface area (Å²) in [7, 11) is -3.33. The van der Waals surface area contributed by atoms with Crippen molar-refractivity contribution in [3.05, 3.63) is 102 Å². The fourth-order valence-electron chi connectivity index (χ4n) is 5.04. The molecule has 5 rings (SSSR count). The van der Waals surface area contributed by atoms with Crippen molar-refractivity contribution in [3.63, 3.8) is 0 Å². The fourth-order valence-corrected chi connectivity index (χ4v) is 5.67. The van der Waals surface area contributed by atoms with Crippen molar-refractivity contribution in [1.29, 1.82) is 0 Å². The van der Waals surface area contributed by atoms with Crippen LogP contribution in [-0.4, -0.2) is 60.8 Å². The SMILES string of the molecule is CS(=O)(=O)c1ccc(C(Cc2[nH]cnc2-c2ccncc2)C(c2ccc(F)cc2)N2CCOCC2)cc1. The number of morpholine rings is 1. The maximum Gasteiger partial charge on any atom is 0.175 e. The van der Waals surface area contributed by atoms with Gasteiger partial charge < -0.3 is 9.72 Å². The number of benzene rings is 2. The number of nitrogens with zero attached hydrogens (tertiary/aromatic N) is 3. The number of pyridine rings is 1. The van der Waals surface area contributed by atoms with Crippen molar-refractivity contribution in [2.45, 2.75) is 23.3 Å². The van der Waals surface area contributed by atoms with E-state index >= 15 is 0 Å². The van der Waals surface area contributed by atoms with Crippen LogP contribution in [0.4, 0.5) is 4.39 Å². The molecule has 0 bridgehead atoms. The van der Waals surface area contributed by atoms with E-state index in [1.54, 1.807) is 30.9 Å². The lowest BCUT2D eigenvalue weighted by atomic mass is 9.82. The summed E-state index contributed by atoms with van der Waals surface area (Å²) in [4.78, 5) is 14.7. The molecule has 2 aromatic carbocycles. The summed E-state index contributed by atoms with van der Waals surface area (Å²) >= 11 is 0. The van der Waals surface area contributed by atoms with Gasteiger partial charge in [0.1, 0.15) is 5.82 Å². The Bertz CT molecular complexity index is 1420. The molecule has 37 heavy (non-hydrogen) atoms. The summed E-state index contributed by atoms with van der Waals surface area (Å²) < 4.78 is 43.8. The van der Waals surface area contributed by atoms with Crippen LogP contribution in [0.1, 0.15) is 28.8 Å². The summed E-state index contributed by atoms with van der Waals surface area (Å²) in [6.07, 6.45) is 6.99. The van der Waals surface area contributed by atoms with E-state index in [9.17, 15) is 12.8 Å². The molecule has 0 amide bonds. The van der Waals surface area contributed by atoms with Gasteiger partial charge in [0, 0.05) is 55.0 Å². The number of hydrogen-bond donors (Lipinski definition) is 1. The summed E-state index contributed by atoms with van der Waals surface area (Å²) in [5.41, 5.74) is 4.75. The molecule has 1 fully saturated rings. The summed E-state index contributed by atoms with van der Waals surface area (Å²) in [5.74, 6) is -0.370. The minimum atomic E-state index is -3.33. The van der Waals surface area contributed by atoms with Gasteiger partial charge in [-0.25, -0.2) is 17.8 Å². The number of nitrogens with one attached hydrogen (secondary N) is 1. The van der Waals surface area contributed by atoms with E-state index in [1.807, 2.05) is 36.4 Å². The van der Waals surface area contributed by atoms with Crippen LogP contribution in [-0.2, 0) is 21.0 Å². The first-order valence-corrected chi connectivity index (χ1v) is 14.1. The topological polar surface area (TPSA) is 88.2 Å². The van der Waals surface area contributed by atoms with Gasteiger partial charge in [-0.2, -0.15) is 0 Å². The zero-order valence-corrected chi connectivity index (χ0v) is 21.4. The molecule has 192 valence electrons. The predicted molar refractivity (Wildman–Crippen MR) is 139 cm³/mol.